The molecule has 92 valence electrons. The highest BCUT2D eigenvalue weighted by Gasteiger charge is 2.07. The van der Waals surface area contributed by atoms with Gasteiger partial charge in [-0.05, 0) is 5.56 Å². The molecule has 0 saturated heterocycles. The molecule has 0 saturated carbocycles. The van der Waals surface area contributed by atoms with Gasteiger partial charge in [0.1, 0.15) is 0 Å². The van der Waals surface area contributed by atoms with E-state index >= 15 is 0 Å². The molecule has 1 aromatic rings. The Balaban J connectivity index is 0.000000317. The molecule has 0 bridgehead atoms. The number of rotatable bonds is 2. The summed E-state index contributed by atoms with van der Waals surface area (Å²) in [5.41, 5.74) is 1.36. The second-order valence-corrected chi connectivity index (χ2v) is 3.67. The fourth-order valence-electron chi connectivity index (χ4n) is 1.51. The molecule has 0 amide bonds. The van der Waals surface area contributed by atoms with E-state index in [1.54, 1.807) is 0 Å². The third kappa shape index (κ3) is 5.41. The summed E-state index contributed by atoms with van der Waals surface area (Å²) in [6.45, 7) is 2.00. The predicted octanol–water partition coefficient (Wildman–Crippen LogP) is 1.52. The fourth-order valence-corrected chi connectivity index (χ4v) is 1.51. The highest BCUT2D eigenvalue weighted by atomic mass is 16.9. The Morgan fingerprint density at radius 2 is 1.94 bits per heavy atom. The van der Waals surface area contributed by atoms with Crippen molar-refractivity contribution in [1.29, 1.82) is 0 Å². The summed E-state index contributed by atoms with van der Waals surface area (Å²) in [7, 11) is 2.08. The van der Waals surface area contributed by atoms with E-state index in [0.29, 0.717) is 0 Å². The van der Waals surface area contributed by atoms with Crippen LogP contribution in [0.1, 0.15) is 5.56 Å². The van der Waals surface area contributed by atoms with Gasteiger partial charge in [0, 0.05) is 26.0 Å². The Bertz CT molecular complexity index is 377. The van der Waals surface area contributed by atoms with E-state index in [2.05, 4.69) is 59.6 Å². The molecule has 6 heteroatoms. The Labute approximate surface area is 99.5 Å². The summed E-state index contributed by atoms with van der Waals surface area (Å²) in [4.78, 5) is 12.8. The van der Waals surface area contributed by atoms with Crippen LogP contribution < -0.4 is 0 Å². The molecule has 1 heterocycles. The molecule has 0 atom stereocenters. The van der Waals surface area contributed by atoms with E-state index in [4.69, 9.17) is 15.3 Å². The van der Waals surface area contributed by atoms with Gasteiger partial charge in [-0.15, -0.1) is 10.1 Å². The van der Waals surface area contributed by atoms with Crippen LogP contribution >= 0.6 is 0 Å². The molecule has 1 aliphatic rings. The summed E-state index contributed by atoms with van der Waals surface area (Å²) in [6.07, 6.45) is 4.23. The average Bonchev–Trinajstić information content (AvgIpc) is 2.65. The van der Waals surface area contributed by atoms with Gasteiger partial charge in [-0.2, -0.15) is 0 Å². The topological polar surface area (TPSA) is 69.9 Å². The minimum absolute atomic E-state index is 0.995. The van der Waals surface area contributed by atoms with Crippen molar-refractivity contribution < 1.29 is 10.3 Å². The third-order valence-electron chi connectivity index (χ3n) is 2.17. The van der Waals surface area contributed by atoms with Crippen LogP contribution in [-0.2, 0) is 6.54 Å². The maximum absolute atomic E-state index is 8.36. The van der Waals surface area contributed by atoms with E-state index < -0.39 is 5.09 Å². The van der Waals surface area contributed by atoms with Gasteiger partial charge in [0.25, 0.3) is 5.09 Å². The van der Waals surface area contributed by atoms with Crippen LogP contribution in [0, 0.1) is 10.1 Å². The first-order chi connectivity index (χ1) is 8.08. The van der Waals surface area contributed by atoms with Crippen molar-refractivity contribution >= 4 is 0 Å². The highest BCUT2D eigenvalue weighted by molar-refractivity contribution is 5.15. The Morgan fingerprint density at radius 1 is 1.35 bits per heavy atom. The van der Waals surface area contributed by atoms with Gasteiger partial charge < -0.3 is 15.0 Å². The maximum atomic E-state index is 8.36. The molecule has 0 radical (unpaired) electrons. The molecule has 0 spiro atoms. The van der Waals surface area contributed by atoms with Gasteiger partial charge >= 0.3 is 0 Å². The number of benzene rings is 1. The Morgan fingerprint density at radius 3 is 2.41 bits per heavy atom. The molecule has 0 fully saturated rings. The second kappa shape index (κ2) is 6.37. The molecule has 1 aliphatic heterocycles. The molecule has 0 unspecified atom stereocenters. The van der Waals surface area contributed by atoms with E-state index in [1.165, 1.54) is 5.56 Å². The van der Waals surface area contributed by atoms with Crippen LogP contribution in [-0.4, -0.2) is 33.8 Å². The lowest BCUT2D eigenvalue weighted by Gasteiger charge is -2.17. The summed E-state index contributed by atoms with van der Waals surface area (Å²) in [5, 5.41) is 13.6. The lowest BCUT2D eigenvalue weighted by molar-refractivity contribution is -0.742. The molecule has 0 aliphatic carbocycles. The molecule has 1 N–H and O–H groups in total. The van der Waals surface area contributed by atoms with Gasteiger partial charge in [-0.3, -0.25) is 0 Å². The van der Waals surface area contributed by atoms with E-state index in [0.717, 1.165) is 13.2 Å². The van der Waals surface area contributed by atoms with Crippen LogP contribution in [0.15, 0.2) is 42.7 Å². The maximum Gasteiger partial charge on any atom is 0.291 e. The van der Waals surface area contributed by atoms with Crippen LogP contribution in [0.4, 0.5) is 0 Å². The smallest absolute Gasteiger partial charge is 0.291 e. The third-order valence-corrected chi connectivity index (χ3v) is 2.17. The zero-order valence-corrected chi connectivity index (χ0v) is 9.56. The molecule has 1 aromatic carbocycles. The van der Waals surface area contributed by atoms with Crippen molar-refractivity contribution in [3.63, 3.8) is 0 Å². The first-order valence-electron chi connectivity index (χ1n) is 5.08. The fraction of sp³-hybridized carbons (Fsp3) is 0.273. The minimum atomic E-state index is -1.50. The molecule has 0 aromatic heterocycles. The quantitative estimate of drug-likeness (QED) is 0.623. The van der Waals surface area contributed by atoms with Crippen molar-refractivity contribution in [2.75, 3.05) is 13.7 Å². The normalized spacial score (nSPS) is 13.2. The molecular weight excluding hydrogens is 222 g/mol. The summed E-state index contributed by atoms with van der Waals surface area (Å²) >= 11 is 0. The SMILES string of the molecule is CN1C=CN(Cc2ccccc2)C1.O=[N+]([O-])O. The van der Waals surface area contributed by atoms with Gasteiger partial charge in [-0.25, -0.2) is 0 Å². The van der Waals surface area contributed by atoms with Crippen molar-refractivity contribution in [2.24, 2.45) is 0 Å². The van der Waals surface area contributed by atoms with Crippen molar-refractivity contribution in [3.05, 3.63) is 58.4 Å². The van der Waals surface area contributed by atoms with E-state index in [-0.39, 0.29) is 0 Å². The summed E-state index contributed by atoms with van der Waals surface area (Å²) < 4.78 is 0. The van der Waals surface area contributed by atoms with Gasteiger partial charge in [0.05, 0.1) is 6.67 Å². The number of hydrogen-bond acceptors (Lipinski definition) is 4. The van der Waals surface area contributed by atoms with Crippen molar-refractivity contribution in [1.82, 2.24) is 9.80 Å². The van der Waals surface area contributed by atoms with Crippen LogP contribution in [0.3, 0.4) is 0 Å². The van der Waals surface area contributed by atoms with Crippen LogP contribution in [0.25, 0.3) is 0 Å². The number of hydrogen-bond donors (Lipinski definition) is 1. The summed E-state index contributed by atoms with van der Waals surface area (Å²) in [5.74, 6) is 0. The number of nitrogens with zero attached hydrogens (tertiary/aromatic N) is 3. The molecular formula is C11H15N3O3. The lowest BCUT2D eigenvalue weighted by Crippen LogP contribution is -2.21. The largest absolute Gasteiger partial charge is 0.362 e. The monoisotopic (exact) mass is 237 g/mol. The van der Waals surface area contributed by atoms with Crippen molar-refractivity contribution in [2.45, 2.75) is 6.54 Å². The van der Waals surface area contributed by atoms with Gasteiger partial charge in [-0.1, -0.05) is 30.3 Å². The van der Waals surface area contributed by atoms with Gasteiger partial charge in [0.2, 0.25) is 0 Å². The second-order valence-electron chi connectivity index (χ2n) is 3.67. The average molecular weight is 237 g/mol. The van der Waals surface area contributed by atoms with Crippen LogP contribution in [0.2, 0.25) is 0 Å². The Hall–Kier alpha value is -2.24. The first-order valence-corrected chi connectivity index (χ1v) is 5.08. The zero-order chi connectivity index (χ0) is 12.7. The molecule has 2 rings (SSSR count). The lowest BCUT2D eigenvalue weighted by atomic mass is 10.2. The Kier molecular flexibility index (Phi) is 4.80. The molecule has 6 nitrogen and oxygen atoms in total. The zero-order valence-electron chi connectivity index (χ0n) is 9.56. The highest BCUT2D eigenvalue weighted by Crippen LogP contribution is 2.09. The minimum Gasteiger partial charge on any atom is -0.362 e. The first kappa shape index (κ1) is 12.8. The molecule has 17 heavy (non-hydrogen) atoms. The van der Waals surface area contributed by atoms with Crippen LogP contribution in [0.5, 0.6) is 0 Å². The van der Waals surface area contributed by atoms with Crippen molar-refractivity contribution in [3.8, 4) is 0 Å². The standard InChI is InChI=1S/C11H14N2.HNO3/c1-12-7-8-13(10-12)9-11-5-3-2-4-6-11;2-1(3)4/h2-8H,9-10H2,1H3;(H,2,3,4). The van der Waals surface area contributed by atoms with E-state index in [9.17, 15) is 0 Å². The summed E-state index contributed by atoms with van der Waals surface area (Å²) in [6, 6.07) is 10.5. The predicted molar refractivity (Wildman–Crippen MR) is 62.5 cm³/mol. The van der Waals surface area contributed by atoms with Gasteiger partial charge in [0.15, 0.2) is 0 Å². The van der Waals surface area contributed by atoms with E-state index in [1.807, 2.05) is 0 Å².